The van der Waals surface area contributed by atoms with Gasteiger partial charge in [0.25, 0.3) is 0 Å². The molecule has 2 heteroatoms. The van der Waals surface area contributed by atoms with Gasteiger partial charge in [0.2, 0.25) is 0 Å². The Morgan fingerprint density at radius 1 is 1.58 bits per heavy atom. The zero-order valence-electron chi connectivity index (χ0n) is 7.52. The summed E-state index contributed by atoms with van der Waals surface area (Å²) in [6, 6.07) is 0.704. The minimum absolute atomic E-state index is 0.248. The van der Waals surface area contributed by atoms with E-state index in [4.69, 9.17) is 0 Å². The first-order valence-corrected chi connectivity index (χ1v) is 4.47. The van der Waals surface area contributed by atoms with Crippen LogP contribution in [0.4, 0.5) is 0 Å². The van der Waals surface area contributed by atoms with E-state index < -0.39 is 0 Å². The average molecular weight is 165 g/mol. The highest BCUT2D eigenvalue weighted by molar-refractivity contribution is 5.80. The van der Waals surface area contributed by atoms with Crippen LogP contribution in [0.25, 0.3) is 0 Å². The fourth-order valence-corrected chi connectivity index (χ4v) is 0.979. The van der Waals surface area contributed by atoms with Crippen LogP contribution in [0.15, 0.2) is 0 Å². The Bertz CT molecular complexity index is 208. The van der Waals surface area contributed by atoms with Crippen LogP contribution in [0.5, 0.6) is 0 Å². The van der Waals surface area contributed by atoms with Crippen molar-refractivity contribution >= 4 is 5.78 Å². The number of ketones is 1. The first kappa shape index (κ1) is 9.28. The van der Waals surface area contributed by atoms with Gasteiger partial charge in [-0.2, -0.15) is 0 Å². The summed E-state index contributed by atoms with van der Waals surface area (Å²) in [5, 5.41) is 3.29. The molecule has 0 heterocycles. The molecule has 0 unspecified atom stereocenters. The molecular weight excluding hydrogens is 150 g/mol. The van der Waals surface area contributed by atoms with E-state index in [0.29, 0.717) is 18.9 Å². The summed E-state index contributed by atoms with van der Waals surface area (Å²) in [4.78, 5) is 11.1. The molecule has 0 aromatic carbocycles. The Kier molecular flexibility index (Phi) is 3.83. The van der Waals surface area contributed by atoms with Crippen LogP contribution in [-0.4, -0.2) is 18.4 Å². The summed E-state index contributed by atoms with van der Waals surface area (Å²) in [7, 11) is 0. The molecule has 2 nitrogen and oxygen atoms in total. The highest BCUT2D eigenvalue weighted by atomic mass is 16.1. The van der Waals surface area contributed by atoms with Gasteiger partial charge in [0.1, 0.15) is 5.78 Å². The largest absolute Gasteiger partial charge is 0.314 e. The summed E-state index contributed by atoms with van der Waals surface area (Å²) in [5.74, 6) is 5.74. The topological polar surface area (TPSA) is 29.1 Å². The lowest BCUT2D eigenvalue weighted by Gasteiger charge is -1.98. The average Bonchev–Trinajstić information content (AvgIpc) is 2.84. The molecule has 0 saturated heterocycles. The molecule has 0 aromatic heterocycles. The minimum Gasteiger partial charge on any atom is -0.314 e. The van der Waals surface area contributed by atoms with Gasteiger partial charge in [-0.15, -0.1) is 5.92 Å². The quantitative estimate of drug-likeness (QED) is 0.618. The maximum absolute atomic E-state index is 11.1. The SMILES string of the molecule is CC#CCC(=O)CCNC1CC1. The van der Waals surface area contributed by atoms with Crippen LogP contribution in [0.2, 0.25) is 0 Å². The number of nitrogens with one attached hydrogen (secondary N) is 1. The van der Waals surface area contributed by atoms with Crippen molar-refractivity contribution in [3.63, 3.8) is 0 Å². The number of carbonyl (C=O) groups excluding carboxylic acids is 1. The Balaban J connectivity index is 1.95. The zero-order valence-corrected chi connectivity index (χ0v) is 7.52. The summed E-state index contributed by atoms with van der Waals surface area (Å²) < 4.78 is 0. The molecule has 1 saturated carbocycles. The molecule has 1 N–H and O–H groups in total. The van der Waals surface area contributed by atoms with Gasteiger partial charge in [-0.3, -0.25) is 4.79 Å². The molecule has 1 rings (SSSR count). The van der Waals surface area contributed by atoms with Crippen LogP contribution in [0.1, 0.15) is 32.6 Å². The monoisotopic (exact) mass is 165 g/mol. The number of rotatable bonds is 5. The second-order valence-corrected chi connectivity index (χ2v) is 3.12. The zero-order chi connectivity index (χ0) is 8.81. The van der Waals surface area contributed by atoms with Gasteiger partial charge < -0.3 is 5.32 Å². The molecule has 0 spiro atoms. The molecule has 0 atom stereocenters. The van der Waals surface area contributed by atoms with Gasteiger partial charge in [-0.05, 0) is 19.8 Å². The van der Waals surface area contributed by atoms with Crippen LogP contribution in [0, 0.1) is 11.8 Å². The van der Waals surface area contributed by atoms with Crippen molar-refractivity contribution in [3.8, 4) is 11.8 Å². The third-order valence-electron chi connectivity index (χ3n) is 1.88. The summed E-state index contributed by atoms with van der Waals surface area (Å²) in [5.41, 5.74) is 0. The van der Waals surface area contributed by atoms with E-state index in [1.54, 1.807) is 6.92 Å². The molecule has 0 aliphatic heterocycles. The molecule has 0 amide bonds. The van der Waals surface area contributed by atoms with E-state index >= 15 is 0 Å². The smallest absolute Gasteiger partial charge is 0.146 e. The highest BCUT2D eigenvalue weighted by Crippen LogP contribution is 2.18. The van der Waals surface area contributed by atoms with E-state index in [9.17, 15) is 4.79 Å². The molecule has 0 bridgehead atoms. The first-order chi connectivity index (χ1) is 5.83. The van der Waals surface area contributed by atoms with Crippen LogP contribution in [-0.2, 0) is 4.79 Å². The van der Waals surface area contributed by atoms with E-state index in [-0.39, 0.29) is 5.78 Å². The Labute approximate surface area is 73.7 Å². The predicted octanol–water partition coefficient (Wildman–Crippen LogP) is 1.11. The van der Waals surface area contributed by atoms with Crippen molar-refractivity contribution < 1.29 is 4.79 Å². The lowest BCUT2D eigenvalue weighted by atomic mass is 10.2. The third kappa shape index (κ3) is 4.15. The summed E-state index contributed by atoms with van der Waals surface area (Å²) in [6.07, 6.45) is 3.61. The Morgan fingerprint density at radius 2 is 2.33 bits per heavy atom. The lowest BCUT2D eigenvalue weighted by molar-refractivity contribution is -0.118. The minimum atomic E-state index is 0.248. The lowest BCUT2D eigenvalue weighted by Crippen LogP contribution is -2.19. The molecule has 0 radical (unpaired) electrons. The van der Waals surface area contributed by atoms with E-state index in [2.05, 4.69) is 17.2 Å². The van der Waals surface area contributed by atoms with E-state index in [0.717, 1.165) is 6.54 Å². The number of carbonyl (C=O) groups is 1. The van der Waals surface area contributed by atoms with Gasteiger partial charge in [-0.1, -0.05) is 5.92 Å². The van der Waals surface area contributed by atoms with E-state index in [1.165, 1.54) is 12.8 Å². The van der Waals surface area contributed by atoms with Gasteiger partial charge in [0.15, 0.2) is 0 Å². The van der Waals surface area contributed by atoms with Crippen molar-refractivity contribution in [2.75, 3.05) is 6.54 Å². The standard InChI is InChI=1S/C10H15NO/c1-2-3-4-10(12)7-8-11-9-5-6-9/h9,11H,4-8H2,1H3. The fraction of sp³-hybridized carbons (Fsp3) is 0.700. The molecule has 12 heavy (non-hydrogen) atoms. The van der Waals surface area contributed by atoms with Crippen molar-refractivity contribution in [1.82, 2.24) is 5.32 Å². The summed E-state index contributed by atoms with van der Waals surface area (Å²) >= 11 is 0. The van der Waals surface area contributed by atoms with Crippen LogP contribution < -0.4 is 5.32 Å². The van der Waals surface area contributed by atoms with Crippen molar-refractivity contribution in [3.05, 3.63) is 0 Å². The molecule has 0 aromatic rings. The van der Waals surface area contributed by atoms with Crippen molar-refractivity contribution in [2.24, 2.45) is 0 Å². The molecule has 1 aliphatic rings. The number of Topliss-reactive ketones (excluding diaryl/α,β-unsaturated/α-hetero) is 1. The summed E-state index contributed by atoms with van der Waals surface area (Å²) in [6.45, 7) is 2.59. The molecule has 66 valence electrons. The van der Waals surface area contributed by atoms with Crippen molar-refractivity contribution in [2.45, 2.75) is 38.6 Å². The van der Waals surface area contributed by atoms with Gasteiger partial charge in [0, 0.05) is 19.0 Å². The fourth-order valence-electron chi connectivity index (χ4n) is 0.979. The molecule has 1 aliphatic carbocycles. The number of hydrogen-bond donors (Lipinski definition) is 1. The first-order valence-electron chi connectivity index (χ1n) is 4.47. The number of hydrogen-bond acceptors (Lipinski definition) is 2. The van der Waals surface area contributed by atoms with Gasteiger partial charge >= 0.3 is 0 Å². The second kappa shape index (κ2) is 4.95. The molecular formula is C10H15NO. The maximum atomic E-state index is 11.1. The predicted molar refractivity (Wildman–Crippen MR) is 48.7 cm³/mol. The third-order valence-corrected chi connectivity index (χ3v) is 1.88. The molecule has 1 fully saturated rings. The Morgan fingerprint density at radius 3 is 2.92 bits per heavy atom. The highest BCUT2D eigenvalue weighted by Gasteiger charge is 2.19. The van der Waals surface area contributed by atoms with Gasteiger partial charge in [-0.25, -0.2) is 0 Å². The maximum Gasteiger partial charge on any atom is 0.146 e. The van der Waals surface area contributed by atoms with Crippen LogP contribution >= 0.6 is 0 Å². The van der Waals surface area contributed by atoms with E-state index in [1.807, 2.05) is 0 Å². The van der Waals surface area contributed by atoms with Crippen LogP contribution in [0.3, 0.4) is 0 Å². The Hall–Kier alpha value is -0.810. The van der Waals surface area contributed by atoms with Crippen molar-refractivity contribution in [1.29, 1.82) is 0 Å². The van der Waals surface area contributed by atoms with Gasteiger partial charge in [0.05, 0.1) is 6.42 Å². The second-order valence-electron chi connectivity index (χ2n) is 3.12. The normalized spacial score (nSPS) is 15.1.